The van der Waals surface area contributed by atoms with Crippen LogP contribution in [-0.2, 0) is 0 Å². The SMILES string of the molecule is CC(N)c1ccc(OC2CCN(C(C)C)CC2)cc1. The molecule has 1 unspecified atom stereocenters. The molecule has 0 aromatic heterocycles. The highest BCUT2D eigenvalue weighted by molar-refractivity contribution is 5.28. The third kappa shape index (κ3) is 3.95. The first-order chi connectivity index (χ1) is 9.06. The first-order valence-electron chi connectivity index (χ1n) is 7.32. The molecule has 1 aromatic rings. The van der Waals surface area contributed by atoms with Gasteiger partial charge in [-0.05, 0) is 51.3 Å². The fourth-order valence-electron chi connectivity index (χ4n) is 2.55. The minimum atomic E-state index is 0.0864. The third-order valence-corrected chi connectivity index (χ3v) is 3.92. The van der Waals surface area contributed by atoms with Crippen molar-refractivity contribution in [3.8, 4) is 5.75 Å². The van der Waals surface area contributed by atoms with Crippen LogP contribution in [-0.4, -0.2) is 30.1 Å². The second-order valence-corrected chi connectivity index (χ2v) is 5.80. The lowest BCUT2D eigenvalue weighted by molar-refractivity contribution is 0.0843. The van der Waals surface area contributed by atoms with E-state index in [-0.39, 0.29) is 6.04 Å². The second-order valence-electron chi connectivity index (χ2n) is 5.80. The number of benzene rings is 1. The van der Waals surface area contributed by atoms with Crippen molar-refractivity contribution in [2.24, 2.45) is 5.73 Å². The molecule has 2 N–H and O–H groups in total. The monoisotopic (exact) mass is 262 g/mol. The van der Waals surface area contributed by atoms with Gasteiger partial charge in [0.25, 0.3) is 0 Å². The summed E-state index contributed by atoms with van der Waals surface area (Å²) < 4.78 is 6.05. The van der Waals surface area contributed by atoms with E-state index in [9.17, 15) is 0 Å². The standard InChI is InChI=1S/C16H26N2O/c1-12(2)18-10-8-16(9-11-18)19-15-6-4-14(5-7-15)13(3)17/h4-7,12-13,16H,8-11,17H2,1-3H3. The van der Waals surface area contributed by atoms with Crippen molar-refractivity contribution < 1.29 is 4.74 Å². The summed E-state index contributed by atoms with van der Waals surface area (Å²) in [6.07, 6.45) is 2.59. The van der Waals surface area contributed by atoms with E-state index in [0.29, 0.717) is 12.1 Å². The molecule has 2 rings (SSSR count). The lowest BCUT2D eigenvalue weighted by Crippen LogP contribution is -2.41. The lowest BCUT2D eigenvalue weighted by Gasteiger charge is -2.34. The van der Waals surface area contributed by atoms with Crippen LogP contribution in [0.1, 0.15) is 45.2 Å². The van der Waals surface area contributed by atoms with Crippen molar-refractivity contribution >= 4 is 0 Å². The van der Waals surface area contributed by atoms with E-state index in [2.05, 4.69) is 30.9 Å². The van der Waals surface area contributed by atoms with Gasteiger partial charge < -0.3 is 15.4 Å². The molecule has 3 heteroatoms. The van der Waals surface area contributed by atoms with E-state index in [1.165, 1.54) is 0 Å². The van der Waals surface area contributed by atoms with E-state index >= 15 is 0 Å². The van der Waals surface area contributed by atoms with Crippen LogP contribution < -0.4 is 10.5 Å². The topological polar surface area (TPSA) is 38.5 Å². The Morgan fingerprint density at radius 3 is 2.16 bits per heavy atom. The number of nitrogens with two attached hydrogens (primary N) is 1. The Morgan fingerprint density at radius 2 is 1.68 bits per heavy atom. The maximum atomic E-state index is 6.05. The maximum absolute atomic E-state index is 6.05. The van der Waals surface area contributed by atoms with Crippen molar-refractivity contribution in [2.75, 3.05) is 13.1 Å². The van der Waals surface area contributed by atoms with Crippen LogP contribution in [0.15, 0.2) is 24.3 Å². The highest BCUT2D eigenvalue weighted by Crippen LogP contribution is 2.21. The van der Waals surface area contributed by atoms with Gasteiger partial charge in [0.05, 0.1) is 0 Å². The van der Waals surface area contributed by atoms with Crippen molar-refractivity contribution in [2.45, 2.75) is 51.8 Å². The molecule has 1 aromatic carbocycles. The van der Waals surface area contributed by atoms with E-state index in [1.807, 2.05) is 19.1 Å². The van der Waals surface area contributed by atoms with Crippen LogP contribution in [0.4, 0.5) is 0 Å². The van der Waals surface area contributed by atoms with Gasteiger partial charge in [-0.2, -0.15) is 0 Å². The number of rotatable bonds is 4. The highest BCUT2D eigenvalue weighted by atomic mass is 16.5. The average molecular weight is 262 g/mol. The fourth-order valence-corrected chi connectivity index (χ4v) is 2.55. The van der Waals surface area contributed by atoms with E-state index in [0.717, 1.165) is 37.2 Å². The summed E-state index contributed by atoms with van der Waals surface area (Å²) in [5, 5.41) is 0. The highest BCUT2D eigenvalue weighted by Gasteiger charge is 2.21. The summed E-state index contributed by atoms with van der Waals surface area (Å²) in [5.74, 6) is 0.965. The molecule has 1 heterocycles. The van der Waals surface area contributed by atoms with Gasteiger partial charge in [0, 0.05) is 25.2 Å². The quantitative estimate of drug-likeness (QED) is 0.906. The first kappa shape index (κ1) is 14.4. The molecule has 1 atom stereocenters. The summed E-state index contributed by atoms with van der Waals surface area (Å²) in [6.45, 7) is 8.79. The summed E-state index contributed by atoms with van der Waals surface area (Å²) in [4.78, 5) is 2.51. The fraction of sp³-hybridized carbons (Fsp3) is 0.625. The Labute approximate surface area is 116 Å². The van der Waals surface area contributed by atoms with Crippen LogP contribution in [0.5, 0.6) is 5.75 Å². The molecule has 0 amide bonds. The van der Waals surface area contributed by atoms with Crippen molar-refractivity contribution in [3.05, 3.63) is 29.8 Å². The van der Waals surface area contributed by atoms with Crippen LogP contribution in [0.3, 0.4) is 0 Å². The summed E-state index contributed by atoms with van der Waals surface area (Å²) in [6, 6.07) is 8.92. The molecule has 0 spiro atoms. The Hall–Kier alpha value is -1.06. The van der Waals surface area contributed by atoms with Gasteiger partial charge in [-0.1, -0.05) is 12.1 Å². The number of piperidine rings is 1. The van der Waals surface area contributed by atoms with Crippen molar-refractivity contribution in [1.29, 1.82) is 0 Å². The predicted molar refractivity (Wildman–Crippen MR) is 79.4 cm³/mol. The molecular formula is C16H26N2O. The largest absolute Gasteiger partial charge is 0.490 e. The van der Waals surface area contributed by atoms with Gasteiger partial charge >= 0.3 is 0 Å². The van der Waals surface area contributed by atoms with Gasteiger partial charge in [-0.25, -0.2) is 0 Å². The van der Waals surface area contributed by atoms with Gasteiger partial charge in [-0.15, -0.1) is 0 Å². The maximum Gasteiger partial charge on any atom is 0.119 e. The van der Waals surface area contributed by atoms with Crippen molar-refractivity contribution in [3.63, 3.8) is 0 Å². The summed E-state index contributed by atoms with van der Waals surface area (Å²) in [7, 11) is 0. The molecular weight excluding hydrogens is 236 g/mol. The first-order valence-corrected chi connectivity index (χ1v) is 7.32. The average Bonchev–Trinajstić information content (AvgIpc) is 2.40. The minimum Gasteiger partial charge on any atom is -0.490 e. The molecule has 1 aliphatic heterocycles. The Bertz CT molecular complexity index is 378. The number of ether oxygens (including phenoxy) is 1. The number of hydrogen-bond acceptors (Lipinski definition) is 3. The Balaban J connectivity index is 1.85. The summed E-state index contributed by atoms with van der Waals surface area (Å²) in [5.41, 5.74) is 7.00. The Kier molecular flexibility index (Phi) is 4.83. The van der Waals surface area contributed by atoms with Crippen LogP contribution in [0.25, 0.3) is 0 Å². The second kappa shape index (κ2) is 6.40. The number of hydrogen-bond donors (Lipinski definition) is 1. The minimum absolute atomic E-state index is 0.0864. The molecule has 1 saturated heterocycles. The zero-order chi connectivity index (χ0) is 13.8. The molecule has 19 heavy (non-hydrogen) atoms. The van der Waals surface area contributed by atoms with E-state index < -0.39 is 0 Å². The predicted octanol–water partition coefficient (Wildman–Crippen LogP) is 2.96. The Morgan fingerprint density at radius 1 is 1.11 bits per heavy atom. The molecule has 106 valence electrons. The zero-order valence-electron chi connectivity index (χ0n) is 12.3. The number of nitrogens with zero attached hydrogens (tertiary/aromatic N) is 1. The molecule has 0 bridgehead atoms. The van der Waals surface area contributed by atoms with Crippen LogP contribution >= 0.6 is 0 Å². The van der Waals surface area contributed by atoms with Gasteiger partial charge in [0.15, 0.2) is 0 Å². The number of likely N-dealkylation sites (tertiary alicyclic amines) is 1. The molecule has 1 aliphatic rings. The molecule has 0 radical (unpaired) electrons. The molecule has 1 fully saturated rings. The summed E-state index contributed by atoms with van der Waals surface area (Å²) >= 11 is 0. The molecule has 0 saturated carbocycles. The normalized spacial score (nSPS) is 19.6. The smallest absolute Gasteiger partial charge is 0.119 e. The van der Waals surface area contributed by atoms with Gasteiger partial charge in [-0.3, -0.25) is 0 Å². The molecule has 0 aliphatic carbocycles. The van der Waals surface area contributed by atoms with Crippen LogP contribution in [0, 0.1) is 0 Å². The van der Waals surface area contributed by atoms with Gasteiger partial charge in [0.2, 0.25) is 0 Å². The van der Waals surface area contributed by atoms with Crippen molar-refractivity contribution in [1.82, 2.24) is 4.90 Å². The molecule has 3 nitrogen and oxygen atoms in total. The van der Waals surface area contributed by atoms with E-state index in [4.69, 9.17) is 10.5 Å². The van der Waals surface area contributed by atoms with Gasteiger partial charge in [0.1, 0.15) is 11.9 Å². The van der Waals surface area contributed by atoms with E-state index in [1.54, 1.807) is 0 Å². The zero-order valence-corrected chi connectivity index (χ0v) is 12.3. The lowest BCUT2D eigenvalue weighted by atomic mass is 10.1. The van der Waals surface area contributed by atoms with Crippen LogP contribution in [0.2, 0.25) is 0 Å². The third-order valence-electron chi connectivity index (χ3n) is 3.92.